The molecule has 0 saturated heterocycles. The van der Waals surface area contributed by atoms with Crippen LogP contribution < -0.4 is 10.7 Å². The van der Waals surface area contributed by atoms with Gasteiger partial charge in [-0.05, 0) is 104 Å². The highest BCUT2D eigenvalue weighted by molar-refractivity contribution is 6.21. The first-order valence-electron chi connectivity index (χ1n) is 15.2. The van der Waals surface area contributed by atoms with Gasteiger partial charge in [-0.1, -0.05) is 24.3 Å². The number of rotatable bonds is 2. The molecule has 0 N–H and O–H groups in total. The average molecular weight is 755 g/mol. The topological polar surface area (TPSA) is 72.3 Å². The fourth-order valence-electron chi connectivity index (χ4n) is 6.62. The fourth-order valence-corrected chi connectivity index (χ4v) is 6.62. The van der Waals surface area contributed by atoms with Crippen molar-refractivity contribution in [1.29, 1.82) is 10.5 Å². The lowest BCUT2D eigenvalue weighted by molar-refractivity contribution is -0.144. The molecule has 0 fully saturated rings. The summed E-state index contributed by atoms with van der Waals surface area (Å²) in [6.07, 6.45) is -17.1. The zero-order chi connectivity index (χ0) is 39.1. The van der Waals surface area contributed by atoms with E-state index in [0.29, 0.717) is 56.6 Å². The van der Waals surface area contributed by atoms with Crippen molar-refractivity contribution in [1.82, 2.24) is 0 Å². The van der Waals surface area contributed by atoms with Gasteiger partial charge in [-0.25, -0.2) is 0 Å². The summed E-state index contributed by atoms with van der Waals surface area (Å²) in [6, 6.07) is 13.3. The molecule has 0 aliphatic heterocycles. The van der Waals surface area contributed by atoms with Gasteiger partial charge in [0.15, 0.2) is 0 Å². The summed E-state index contributed by atoms with van der Waals surface area (Å²) < 4.78 is 163. The number of nitrogens with zero attached hydrogens (tertiary/aromatic N) is 4. The van der Waals surface area contributed by atoms with Crippen molar-refractivity contribution in [3.63, 3.8) is 0 Å². The van der Waals surface area contributed by atoms with E-state index < -0.39 is 58.1 Å². The number of alkyl halides is 12. The SMILES string of the molecule is N#CN=c1c2cc(-c3cc(C(F)(F)F)cc(C(F)(F)F)c3)ccc2c2cc3c(=NC#N)c4cc(-c5cc(C(F)(F)F)cc(C(F)(F)F)c5)ccc4c3cc12. The summed E-state index contributed by atoms with van der Waals surface area (Å²) in [5.74, 6) is 0. The third-order valence-corrected chi connectivity index (χ3v) is 8.96. The van der Waals surface area contributed by atoms with E-state index in [9.17, 15) is 63.2 Å². The van der Waals surface area contributed by atoms with Crippen molar-refractivity contribution in [2.24, 2.45) is 9.98 Å². The first-order valence-corrected chi connectivity index (χ1v) is 15.2. The maximum absolute atomic E-state index is 13.6. The van der Waals surface area contributed by atoms with Gasteiger partial charge in [0.1, 0.15) is 0 Å². The highest BCUT2D eigenvalue weighted by Crippen LogP contribution is 2.42. The van der Waals surface area contributed by atoms with Gasteiger partial charge in [-0.3, -0.25) is 0 Å². The smallest absolute Gasteiger partial charge is 0.172 e. The van der Waals surface area contributed by atoms with Crippen LogP contribution in [-0.4, -0.2) is 0 Å². The van der Waals surface area contributed by atoms with Gasteiger partial charge in [0, 0.05) is 21.5 Å². The third kappa shape index (κ3) is 6.13. The monoisotopic (exact) mass is 754 g/mol. The van der Waals surface area contributed by atoms with Crippen LogP contribution in [0, 0.1) is 22.9 Å². The standard InChI is InChI=1S/C38H14F12N4/c39-35(40,41)21-5-19(6-22(11-21)36(42,43)44)17-1-3-25-27-13-32-28(14-31(27)33(53-15-51)29(25)9-17)26-4-2-18(10-30(26)34(32)54-16-52)20-7-23(37(45,46)47)12-24(8-20)38(48,49)50/h1-14H. The summed E-state index contributed by atoms with van der Waals surface area (Å²) in [6.45, 7) is 0. The molecule has 0 unspecified atom stereocenters. The lowest BCUT2D eigenvalue weighted by atomic mass is 9.97. The van der Waals surface area contributed by atoms with Crippen LogP contribution in [0.3, 0.4) is 0 Å². The molecule has 4 nitrogen and oxygen atoms in total. The van der Waals surface area contributed by atoms with Crippen molar-refractivity contribution in [2.75, 3.05) is 0 Å². The van der Waals surface area contributed by atoms with Crippen molar-refractivity contribution >= 4 is 43.1 Å². The molecule has 0 radical (unpaired) electrons. The van der Waals surface area contributed by atoms with Crippen LogP contribution in [0.4, 0.5) is 52.7 Å². The van der Waals surface area contributed by atoms with Gasteiger partial charge in [-0.2, -0.15) is 73.2 Å². The molecule has 0 aliphatic carbocycles. The molecule has 270 valence electrons. The van der Waals surface area contributed by atoms with Crippen molar-refractivity contribution in [3.05, 3.63) is 118 Å². The molecule has 7 aromatic rings. The molecule has 0 atom stereocenters. The Morgan fingerprint density at radius 2 is 0.630 bits per heavy atom. The fraction of sp³-hybridized carbons (Fsp3) is 0.105. The number of hydrogen-bond donors (Lipinski definition) is 0. The normalized spacial score (nSPS) is 13.7. The van der Waals surface area contributed by atoms with Gasteiger partial charge < -0.3 is 0 Å². The summed E-state index contributed by atoms with van der Waals surface area (Å²) >= 11 is 0. The molecule has 0 amide bonds. The van der Waals surface area contributed by atoms with E-state index in [-0.39, 0.29) is 44.7 Å². The van der Waals surface area contributed by atoms with E-state index in [1.54, 1.807) is 24.5 Å². The van der Waals surface area contributed by atoms with E-state index in [0.717, 1.165) is 0 Å². The Morgan fingerprint density at radius 1 is 0.333 bits per heavy atom. The summed E-state index contributed by atoms with van der Waals surface area (Å²) in [4.78, 5) is 7.79. The number of halogens is 12. The first-order chi connectivity index (χ1) is 25.2. The Bertz CT molecular complexity index is 2640. The van der Waals surface area contributed by atoms with Crippen molar-refractivity contribution in [3.8, 4) is 34.6 Å². The highest BCUT2D eigenvalue weighted by Gasteiger charge is 2.38. The van der Waals surface area contributed by atoms with Crippen LogP contribution in [0.15, 0.2) is 94.9 Å². The van der Waals surface area contributed by atoms with Gasteiger partial charge in [0.05, 0.1) is 33.0 Å². The van der Waals surface area contributed by atoms with Crippen molar-refractivity contribution in [2.45, 2.75) is 24.7 Å². The third-order valence-electron chi connectivity index (χ3n) is 8.96. The molecule has 0 aliphatic rings. The van der Waals surface area contributed by atoms with E-state index in [4.69, 9.17) is 0 Å². The predicted octanol–water partition coefficient (Wildman–Crippen LogP) is 11.3. The number of fused-ring (bicyclic) bond motifs is 6. The van der Waals surface area contributed by atoms with Crippen LogP contribution in [0.2, 0.25) is 0 Å². The van der Waals surface area contributed by atoms with E-state index >= 15 is 0 Å². The molecule has 0 bridgehead atoms. The minimum absolute atomic E-state index is 0.00259. The molecule has 0 saturated carbocycles. The lowest BCUT2D eigenvalue weighted by Gasteiger charge is -2.14. The maximum Gasteiger partial charge on any atom is 0.416 e. The summed E-state index contributed by atoms with van der Waals surface area (Å²) in [7, 11) is 0. The van der Waals surface area contributed by atoms with Gasteiger partial charge in [-0.15, -0.1) is 0 Å². The largest absolute Gasteiger partial charge is 0.416 e. The van der Waals surface area contributed by atoms with Gasteiger partial charge >= 0.3 is 24.7 Å². The van der Waals surface area contributed by atoms with E-state index in [1.807, 2.05) is 0 Å². The quantitative estimate of drug-likeness (QED) is 0.130. The number of benzene rings is 5. The maximum atomic E-state index is 13.6. The minimum Gasteiger partial charge on any atom is -0.172 e. The Labute approximate surface area is 293 Å². The first kappa shape index (κ1) is 36.0. The lowest BCUT2D eigenvalue weighted by Crippen LogP contribution is -2.11. The van der Waals surface area contributed by atoms with Gasteiger partial charge in [0.25, 0.3) is 0 Å². The van der Waals surface area contributed by atoms with Crippen LogP contribution in [0.25, 0.3) is 65.3 Å². The molecule has 7 rings (SSSR count). The van der Waals surface area contributed by atoms with Gasteiger partial charge in [0.2, 0.25) is 12.4 Å². The van der Waals surface area contributed by atoms with E-state index in [2.05, 4.69) is 9.98 Å². The molecule has 0 heterocycles. The van der Waals surface area contributed by atoms with E-state index in [1.165, 1.54) is 36.4 Å². The second kappa shape index (κ2) is 12.1. The molecular formula is C38H14F12N4. The highest BCUT2D eigenvalue weighted by atomic mass is 19.4. The Balaban J connectivity index is 1.48. The second-order valence-corrected chi connectivity index (χ2v) is 12.2. The molecule has 16 heteroatoms. The molecule has 0 aromatic heterocycles. The second-order valence-electron chi connectivity index (χ2n) is 12.2. The Morgan fingerprint density at radius 3 is 0.907 bits per heavy atom. The van der Waals surface area contributed by atoms with Crippen LogP contribution >= 0.6 is 0 Å². The molecule has 54 heavy (non-hydrogen) atoms. The summed E-state index contributed by atoms with van der Waals surface area (Å²) in [5, 5.41) is 21.7. The number of hydrogen-bond acceptors (Lipinski definition) is 4. The molecule has 7 aromatic carbocycles. The van der Waals surface area contributed by atoms with Crippen LogP contribution in [-0.2, 0) is 24.7 Å². The number of nitriles is 2. The Hall–Kier alpha value is -6.42. The van der Waals surface area contributed by atoms with Crippen LogP contribution in [0.1, 0.15) is 22.3 Å². The predicted molar refractivity (Wildman–Crippen MR) is 172 cm³/mol. The van der Waals surface area contributed by atoms with Crippen LogP contribution in [0.5, 0.6) is 0 Å². The molecule has 0 spiro atoms. The van der Waals surface area contributed by atoms with Crippen molar-refractivity contribution < 1.29 is 52.7 Å². The minimum atomic E-state index is -5.10. The summed E-state index contributed by atoms with van der Waals surface area (Å²) in [5.41, 5.74) is -7.04. The molecular weight excluding hydrogens is 740 g/mol. The Kier molecular flexibility index (Phi) is 8.03. The average Bonchev–Trinajstić information content (AvgIpc) is 3.56. The zero-order valence-corrected chi connectivity index (χ0v) is 26.4. The zero-order valence-electron chi connectivity index (χ0n) is 26.4.